The van der Waals surface area contributed by atoms with E-state index in [0.717, 1.165) is 38.5 Å². The molecule has 6 unspecified atom stereocenters. The summed E-state index contributed by atoms with van der Waals surface area (Å²) in [5.74, 6) is -0.211. The van der Waals surface area contributed by atoms with Crippen LogP contribution >= 0.6 is 0 Å². The lowest BCUT2D eigenvalue weighted by Gasteiger charge is -2.65. The highest BCUT2D eigenvalue weighted by Crippen LogP contribution is 2.69. The Kier molecular flexibility index (Phi) is 7.05. The van der Waals surface area contributed by atoms with Crippen LogP contribution in [0.2, 0.25) is 0 Å². The molecule has 13 atom stereocenters. The average molecular weight is 469 g/mol. The van der Waals surface area contributed by atoms with Crippen LogP contribution in [0.4, 0.5) is 0 Å². The summed E-state index contributed by atoms with van der Waals surface area (Å²) in [6.07, 6.45) is 3.75. The van der Waals surface area contributed by atoms with Gasteiger partial charge in [0.2, 0.25) is 0 Å². The largest absolute Gasteiger partial charge is 0.396 e. The molecule has 4 aliphatic carbocycles. The van der Waals surface area contributed by atoms with E-state index in [1.165, 1.54) is 0 Å². The molecule has 0 amide bonds. The van der Waals surface area contributed by atoms with Gasteiger partial charge >= 0.3 is 0 Å². The predicted molar refractivity (Wildman–Crippen MR) is 126 cm³/mol. The summed E-state index contributed by atoms with van der Waals surface area (Å²) in [5.41, 5.74) is -1.90. The molecule has 0 aromatic heterocycles. The molecular weight excluding hydrogens is 420 g/mol. The zero-order valence-electron chi connectivity index (χ0n) is 21.0. The second kappa shape index (κ2) is 9.01. The zero-order valence-corrected chi connectivity index (χ0v) is 21.0. The SMILES string of the molecule is CC(CO)CCC[C@@H](C)[C@H]1C(O)C(O)[C@@H]2[C@]1(C)CC[C@H]1[C@@]2(O)CC(O)C2CC(O)CC[C@@]21C. The third-order valence-corrected chi connectivity index (χ3v) is 11.1. The molecule has 6 nitrogen and oxygen atoms in total. The fraction of sp³-hybridized carbons (Fsp3) is 1.00. The predicted octanol–water partition coefficient (Wildman–Crippen LogP) is 2.47. The fourth-order valence-electron chi connectivity index (χ4n) is 9.57. The number of aliphatic hydroxyl groups is 6. The summed E-state index contributed by atoms with van der Waals surface area (Å²) >= 11 is 0. The quantitative estimate of drug-likeness (QED) is 0.356. The Morgan fingerprint density at radius 1 is 0.909 bits per heavy atom. The molecule has 0 spiro atoms. The van der Waals surface area contributed by atoms with Crippen LogP contribution in [0, 0.1) is 46.3 Å². The van der Waals surface area contributed by atoms with Gasteiger partial charge in [0.05, 0.1) is 30.0 Å². The Labute approximate surface area is 199 Å². The molecule has 6 heteroatoms. The molecule has 6 N–H and O–H groups in total. The van der Waals surface area contributed by atoms with Gasteiger partial charge in [0.1, 0.15) is 0 Å². The lowest BCUT2D eigenvalue weighted by molar-refractivity contribution is -0.264. The Hall–Kier alpha value is -0.240. The van der Waals surface area contributed by atoms with Gasteiger partial charge in [-0.1, -0.05) is 40.5 Å². The third kappa shape index (κ3) is 3.92. The van der Waals surface area contributed by atoms with Crippen molar-refractivity contribution in [1.82, 2.24) is 0 Å². The lowest BCUT2D eigenvalue weighted by atomic mass is 9.42. The Morgan fingerprint density at radius 3 is 2.24 bits per heavy atom. The van der Waals surface area contributed by atoms with E-state index >= 15 is 0 Å². The van der Waals surface area contributed by atoms with Gasteiger partial charge < -0.3 is 30.6 Å². The van der Waals surface area contributed by atoms with Crippen molar-refractivity contribution < 1.29 is 30.6 Å². The average Bonchev–Trinajstić information content (AvgIpc) is 2.95. The molecule has 33 heavy (non-hydrogen) atoms. The van der Waals surface area contributed by atoms with E-state index in [9.17, 15) is 30.6 Å². The normalized spacial score (nSPS) is 53.6. The number of hydrogen-bond donors (Lipinski definition) is 6. The van der Waals surface area contributed by atoms with Crippen molar-refractivity contribution in [3.8, 4) is 0 Å². The summed E-state index contributed by atoms with van der Waals surface area (Å²) < 4.78 is 0. The first-order chi connectivity index (χ1) is 15.4. The molecule has 4 fully saturated rings. The van der Waals surface area contributed by atoms with E-state index < -0.39 is 41.3 Å². The summed E-state index contributed by atoms with van der Waals surface area (Å²) in [7, 11) is 0. The molecule has 4 saturated carbocycles. The van der Waals surface area contributed by atoms with Crippen LogP contribution in [0.25, 0.3) is 0 Å². The number of hydrogen-bond acceptors (Lipinski definition) is 6. The van der Waals surface area contributed by atoms with Crippen LogP contribution in [0.15, 0.2) is 0 Å². The zero-order chi connectivity index (χ0) is 24.3. The first kappa shape index (κ1) is 25.8. The monoisotopic (exact) mass is 468 g/mol. The molecule has 0 radical (unpaired) electrons. The topological polar surface area (TPSA) is 121 Å². The highest BCUT2D eigenvalue weighted by molar-refractivity contribution is 5.21. The molecule has 4 rings (SSSR count). The minimum absolute atomic E-state index is 0.0393. The van der Waals surface area contributed by atoms with Crippen LogP contribution in [0.1, 0.15) is 85.5 Å². The van der Waals surface area contributed by atoms with Crippen LogP contribution in [0.5, 0.6) is 0 Å². The van der Waals surface area contributed by atoms with Gasteiger partial charge in [-0.25, -0.2) is 0 Å². The highest BCUT2D eigenvalue weighted by Gasteiger charge is 2.72. The molecule has 192 valence electrons. The van der Waals surface area contributed by atoms with Crippen LogP contribution in [-0.4, -0.2) is 67.3 Å². The summed E-state index contributed by atoms with van der Waals surface area (Å²) in [5, 5.41) is 65.7. The van der Waals surface area contributed by atoms with Crippen molar-refractivity contribution >= 4 is 0 Å². The molecule has 0 aliphatic heterocycles. The van der Waals surface area contributed by atoms with Gasteiger partial charge in [-0.3, -0.25) is 0 Å². The smallest absolute Gasteiger partial charge is 0.0863 e. The first-order valence-corrected chi connectivity index (χ1v) is 13.5. The minimum atomic E-state index is -1.22. The third-order valence-electron chi connectivity index (χ3n) is 11.1. The summed E-state index contributed by atoms with van der Waals surface area (Å²) in [6.45, 7) is 8.70. The van der Waals surface area contributed by atoms with E-state index in [0.29, 0.717) is 12.8 Å². The molecule has 4 aliphatic rings. The van der Waals surface area contributed by atoms with Crippen LogP contribution in [-0.2, 0) is 0 Å². The molecular formula is C27H48O6. The molecule has 0 aromatic carbocycles. The fourth-order valence-corrected chi connectivity index (χ4v) is 9.57. The number of rotatable bonds is 6. The number of aliphatic hydroxyl groups excluding tert-OH is 5. The number of fused-ring (bicyclic) bond motifs is 5. The summed E-state index contributed by atoms with van der Waals surface area (Å²) in [4.78, 5) is 0. The molecule has 0 bridgehead atoms. The maximum Gasteiger partial charge on any atom is 0.0863 e. The lowest BCUT2D eigenvalue weighted by Crippen LogP contribution is -2.68. The van der Waals surface area contributed by atoms with E-state index in [-0.39, 0.29) is 48.0 Å². The van der Waals surface area contributed by atoms with Crippen molar-refractivity contribution in [2.24, 2.45) is 46.3 Å². The molecule has 0 heterocycles. The van der Waals surface area contributed by atoms with Crippen molar-refractivity contribution in [2.75, 3.05) is 6.61 Å². The van der Waals surface area contributed by atoms with Gasteiger partial charge in [-0.2, -0.15) is 0 Å². The van der Waals surface area contributed by atoms with Gasteiger partial charge in [-0.05, 0) is 78.9 Å². The Bertz CT molecular complexity index is 702. The maximum absolute atomic E-state index is 12.3. The van der Waals surface area contributed by atoms with Crippen LogP contribution in [0.3, 0.4) is 0 Å². The van der Waals surface area contributed by atoms with Crippen molar-refractivity contribution in [1.29, 1.82) is 0 Å². The standard InChI is InChI=1S/C27H48O6/c1-15(14-28)6-5-7-16(2)21-22(31)23(32)24-26(21,4)11-9-20-25(3)10-8-17(29)12-18(25)19(30)13-27(20,24)33/h15-24,28-33H,5-14H2,1-4H3/t15?,16-,17?,18?,19?,20-,21+,22?,23?,24-,25+,26-,27+/m1/s1. The van der Waals surface area contributed by atoms with Gasteiger partial charge in [0, 0.05) is 18.9 Å². The Balaban J connectivity index is 1.61. The van der Waals surface area contributed by atoms with E-state index in [4.69, 9.17) is 0 Å². The maximum atomic E-state index is 12.3. The summed E-state index contributed by atoms with van der Waals surface area (Å²) in [6, 6.07) is 0. The van der Waals surface area contributed by atoms with E-state index in [1.54, 1.807) is 0 Å². The highest BCUT2D eigenvalue weighted by atomic mass is 16.3. The van der Waals surface area contributed by atoms with E-state index in [1.807, 2.05) is 6.92 Å². The second-order valence-corrected chi connectivity index (χ2v) is 13.1. The van der Waals surface area contributed by atoms with Gasteiger partial charge in [0.25, 0.3) is 0 Å². The van der Waals surface area contributed by atoms with Gasteiger partial charge in [0.15, 0.2) is 0 Å². The van der Waals surface area contributed by atoms with E-state index in [2.05, 4.69) is 20.8 Å². The van der Waals surface area contributed by atoms with Crippen molar-refractivity contribution in [3.05, 3.63) is 0 Å². The van der Waals surface area contributed by atoms with Crippen molar-refractivity contribution in [2.45, 2.75) is 115 Å². The van der Waals surface area contributed by atoms with Gasteiger partial charge in [-0.15, -0.1) is 0 Å². The molecule has 0 aromatic rings. The van der Waals surface area contributed by atoms with Crippen molar-refractivity contribution in [3.63, 3.8) is 0 Å². The first-order valence-electron chi connectivity index (χ1n) is 13.5. The minimum Gasteiger partial charge on any atom is -0.396 e. The Morgan fingerprint density at radius 2 is 1.58 bits per heavy atom. The van der Waals surface area contributed by atoms with Crippen LogP contribution < -0.4 is 0 Å². The second-order valence-electron chi connectivity index (χ2n) is 13.1. The molecule has 0 saturated heterocycles.